The summed E-state index contributed by atoms with van der Waals surface area (Å²) >= 11 is 5.77. The van der Waals surface area contributed by atoms with Crippen molar-refractivity contribution in [3.05, 3.63) is 51.0 Å². The fraction of sp³-hybridized carbons (Fsp3) is 0.450. The molecular formula is C20H24ClFN6O3. The Hall–Kier alpha value is -2.85. The van der Waals surface area contributed by atoms with Crippen LogP contribution in [0.5, 0.6) is 5.88 Å². The summed E-state index contributed by atoms with van der Waals surface area (Å²) in [6.45, 7) is 1.24. The van der Waals surface area contributed by atoms with Crippen molar-refractivity contribution in [3.8, 4) is 5.88 Å². The van der Waals surface area contributed by atoms with Crippen LogP contribution in [0.3, 0.4) is 0 Å². The second-order valence-corrected chi connectivity index (χ2v) is 8.27. The first-order chi connectivity index (χ1) is 14.9. The maximum Gasteiger partial charge on any atom is 0.332 e. The van der Waals surface area contributed by atoms with Gasteiger partial charge in [-0.15, -0.1) is 0 Å². The number of rotatable bonds is 6. The standard InChI is InChI=1S/C20H24ClFN6O3/c21-13-4-3-12(16(22)8-13)10-23-20(31)28(15-5-6-15)26-14-2-1-7-27(11-14)19-24-17(29)9-18(30)25-19/h3-4,8-9,14-15,26H,1-2,5-7,10-11H2,(H,23,31)(H2,24,25,29,30)/t14-/m1/s1. The van der Waals surface area contributed by atoms with E-state index in [2.05, 4.69) is 20.7 Å². The van der Waals surface area contributed by atoms with Crippen molar-refractivity contribution >= 4 is 23.6 Å². The van der Waals surface area contributed by atoms with E-state index in [1.54, 1.807) is 17.1 Å². The fourth-order valence-corrected chi connectivity index (χ4v) is 3.80. The van der Waals surface area contributed by atoms with Crippen LogP contribution in [0, 0.1) is 5.82 Å². The van der Waals surface area contributed by atoms with Gasteiger partial charge >= 0.3 is 6.03 Å². The van der Waals surface area contributed by atoms with Crippen LogP contribution in [0.4, 0.5) is 15.1 Å². The Morgan fingerprint density at radius 1 is 1.35 bits per heavy atom. The monoisotopic (exact) mass is 450 g/mol. The number of nitrogens with zero attached hydrogens (tertiary/aromatic N) is 3. The van der Waals surface area contributed by atoms with Gasteiger partial charge in [-0.1, -0.05) is 17.7 Å². The lowest BCUT2D eigenvalue weighted by molar-refractivity contribution is 0.145. The predicted molar refractivity (Wildman–Crippen MR) is 113 cm³/mol. The van der Waals surface area contributed by atoms with Crippen LogP contribution in [0.15, 0.2) is 29.1 Å². The third-order valence-corrected chi connectivity index (χ3v) is 5.57. The maximum absolute atomic E-state index is 14.0. The number of anilines is 1. The molecule has 2 aliphatic rings. The number of carbonyl (C=O) groups is 1. The zero-order chi connectivity index (χ0) is 22.0. The zero-order valence-electron chi connectivity index (χ0n) is 16.8. The van der Waals surface area contributed by atoms with E-state index in [0.29, 0.717) is 29.6 Å². The minimum atomic E-state index is -0.464. The molecule has 1 aliphatic carbocycles. The average molecular weight is 451 g/mol. The molecule has 2 aromatic rings. The summed E-state index contributed by atoms with van der Waals surface area (Å²) in [5, 5.41) is 14.3. The first-order valence-corrected chi connectivity index (χ1v) is 10.6. The molecular weight excluding hydrogens is 427 g/mol. The average Bonchev–Trinajstić information content (AvgIpc) is 3.56. The van der Waals surface area contributed by atoms with Gasteiger partial charge in [-0.2, -0.15) is 4.98 Å². The Balaban J connectivity index is 1.38. The largest absolute Gasteiger partial charge is 0.493 e. The quantitative estimate of drug-likeness (QED) is 0.501. The van der Waals surface area contributed by atoms with Gasteiger partial charge < -0.3 is 15.3 Å². The van der Waals surface area contributed by atoms with E-state index in [9.17, 15) is 19.1 Å². The predicted octanol–water partition coefficient (Wildman–Crippen LogP) is 2.12. The van der Waals surface area contributed by atoms with E-state index in [-0.39, 0.29) is 30.5 Å². The van der Waals surface area contributed by atoms with Gasteiger partial charge in [-0.05, 0) is 37.8 Å². The van der Waals surface area contributed by atoms with Crippen molar-refractivity contribution in [1.29, 1.82) is 0 Å². The number of aromatic nitrogens is 2. The Morgan fingerprint density at radius 3 is 2.87 bits per heavy atom. The highest BCUT2D eigenvalue weighted by Gasteiger charge is 2.35. The highest BCUT2D eigenvalue weighted by Crippen LogP contribution is 2.27. The number of hydrogen-bond donors (Lipinski definition) is 4. The summed E-state index contributed by atoms with van der Waals surface area (Å²) in [4.78, 5) is 32.9. The molecule has 1 saturated heterocycles. The van der Waals surface area contributed by atoms with Crippen LogP contribution in [-0.2, 0) is 6.54 Å². The van der Waals surface area contributed by atoms with E-state index < -0.39 is 11.4 Å². The van der Waals surface area contributed by atoms with Gasteiger partial charge in [0, 0.05) is 36.3 Å². The number of carbonyl (C=O) groups excluding carboxylic acids is 1. The van der Waals surface area contributed by atoms with Gasteiger partial charge in [0.05, 0.1) is 12.1 Å². The fourth-order valence-electron chi connectivity index (χ4n) is 3.64. The number of urea groups is 1. The van der Waals surface area contributed by atoms with Crippen LogP contribution in [0.1, 0.15) is 31.2 Å². The molecule has 11 heteroatoms. The molecule has 0 bridgehead atoms. The molecule has 1 aromatic carbocycles. The van der Waals surface area contributed by atoms with Gasteiger partial charge in [0.25, 0.3) is 5.56 Å². The third kappa shape index (κ3) is 5.45. The molecule has 2 fully saturated rings. The molecule has 1 aromatic heterocycles. The summed E-state index contributed by atoms with van der Waals surface area (Å²) in [6.07, 6.45) is 3.45. The van der Waals surface area contributed by atoms with Crippen LogP contribution in [0.25, 0.3) is 0 Å². The number of hydrogen-bond acceptors (Lipinski definition) is 6. The number of piperidine rings is 1. The summed E-state index contributed by atoms with van der Waals surface area (Å²) in [7, 11) is 0. The molecule has 0 unspecified atom stereocenters. The lowest BCUT2D eigenvalue weighted by Gasteiger charge is -2.36. The van der Waals surface area contributed by atoms with Gasteiger partial charge in [0.15, 0.2) is 0 Å². The molecule has 2 heterocycles. The normalized spacial score (nSPS) is 18.6. The van der Waals surface area contributed by atoms with Crippen molar-refractivity contribution in [2.45, 2.75) is 44.3 Å². The molecule has 31 heavy (non-hydrogen) atoms. The Bertz CT molecular complexity index is 1010. The van der Waals surface area contributed by atoms with Crippen LogP contribution < -0.4 is 21.2 Å². The van der Waals surface area contributed by atoms with Gasteiger partial charge in [-0.3, -0.25) is 14.8 Å². The Morgan fingerprint density at radius 2 is 2.16 bits per heavy atom. The van der Waals surface area contributed by atoms with Crippen LogP contribution in [0.2, 0.25) is 5.02 Å². The number of benzene rings is 1. The van der Waals surface area contributed by atoms with Crippen molar-refractivity contribution < 1.29 is 14.3 Å². The minimum absolute atomic E-state index is 0.0535. The van der Waals surface area contributed by atoms with E-state index in [4.69, 9.17) is 11.6 Å². The van der Waals surface area contributed by atoms with Crippen LogP contribution >= 0.6 is 11.6 Å². The van der Waals surface area contributed by atoms with Gasteiger partial charge in [-0.25, -0.2) is 14.6 Å². The van der Waals surface area contributed by atoms with Gasteiger partial charge in [0.1, 0.15) is 5.82 Å². The van der Waals surface area contributed by atoms with Crippen molar-refractivity contribution in [2.24, 2.45) is 0 Å². The number of aromatic hydroxyl groups is 1. The number of hydrazine groups is 1. The second-order valence-electron chi connectivity index (χ2n) is 7.84. The molecule has 0 radical (unpaired) electrons. The van der Waals surface area contributed by atoms with Crippen LogP contribution in [-0.4, -0.2) is 51.3 Å². The molecule has 4 N–H and O–H groups in total. The van der Waals surface area contributed by atoms with Gasteiger partial charge in [0.2, 0.25) is 11.8 Å². The summed E-state index contributed by atoms with van der Waals surface area (Å²) < 4.78 is 14.0. The first-order valence-electron chi connectivity index (χ1n) is 10.2. The SMILES string of the molecule is O=C(NCc1ccc(Cl)cc1F)N(N[C@@H]1CCCN(c2nc(O)cc(=O)[nH]2)C1)C1CC1. The molecule has 1 aliphatic heterocycles. The van der Waals surface area contributed by atoms with Crippen molar-refractivity contribution in [3.63, 3.8) is 0 Å². The van der Waals surface area contributed by atoms with E-state index in [0.717, 1.165) is 31.7 Å². The highest BCUT2D eigenvalue weighted by molar-refractivity contribution is 6.30. The Labute approximate surface area is 183 Å². The van der Waals surface area contributed by atoms with E-state index >= 15 is 0 Å². The molecule has 4 rings (SSSR count). The van der Waals surface area contributed by atoms with Crippen molar-refractivity contribution in [2.75, 3.05) is 18.0 Å². The summed E-state index contributed by atoms with van der Waals surface area (Å²) in [6, 6.07) is 5.08. The molecule has 2 amide bonds. The molecule has 166 valence electrons. The summed E-state index contributed by atoms with van der Waals surface area (Å²) in [5.74, 6) is -0.492. The maximum atomic E-state index is 14.0. The third-order valence-electron chi connectivity index (χ3n) is 5.33. The second kappa shape index (κ2) is 9.11. The zero-order valence-corrected chi connectivity index (χ0v) is 17.5. The molecule has 0 spiro atoms. The smallest absolute Gasteiger partial charge is 0.332 e. The van der Waals surface area contributed by atoms with E-state index in [1.165, 1.54) is 6.07 Å². The highest BCUT2D eigenvalue weighted by atomic mass is 35.5. The molecule has 1 saturated carbocycles. The topological polar surface area (TPSA) is 114 Å². The summed E-state index contributed by atoms with van der Waals surface area (Å²) in [5.41, 5.74) is 3.22. The minimum Gasteiger partial charge on any atom is -0.493 e. The molecule has 9 nitrogen and oxygen atoms in total. The van der Waals surface area contributed by atoms with E-state index in [1.807, 2.05) is 4.90 Å². The lowest BCUT2D eigenvalue weighted by atomic mass is 10.1. The Kier molecular flexibility index (Phi) is 6.28. The number of H-pyrrole nitrogens is 1. The number of amides is 2. The number of halogens is 2. The number of aromatic amines is 1. The number of nitrogens with one attached hydrogen (secondary N) is 3. The first kappa shape index (κ1) is 21.4. The molecule has 1 atom stereocenters. The lowest BCUT2D eigenvalue weighted by Crippen LogP contribution is -2.57. The van der Waals surface area contributed by atoms with Crippen molar-refractivity contribution in [1.82, 2.24) is 25.7 Å².